The van der Waals surface area contributed by atoms with Gasteiger partial charge in [0.15, 0.2) is 0 Å². The van der Waals surface area contributed by atoms with Crippen LogP contribution in [0.2, 0.25) is 0 Å². The average molecular weight is 394 g/mol. The van der Waals surface area contributed by atoms with E-state index in [1.54, 1.807) is 0 Å². The molecule has 0 heterocycles. The Hall–Kier alpha value is -1.45. The third-order valence-electron chi connectivity index (χ3n) is 3.34. The number of rotatable bonds is 9. The van der Waals surface area contributed by atoms with Gasteiger partial charge in [-0.3, -0.25) is 0 Å². The van der Waals surface area contributed by atoms with Crippen molar-refractivity contribution in [3.63, 3.8) is 0 Å². The predicted molar refractivity (Wildman–Crippen MR) is 96.5 cm³/mol. The average Bonchev–Trinajstić information content (AvgIpc) is 2.49. The molecule has 9 heteroatoms. The Balaban J connectivity index is 2.95. The van der Waals surface area contributed by atoms with Gasteiger partial charge >= 0.3 is 6.18 Å². The number of nitrogens with two attached hydrogens (primary N) is 1. The zero-order valence-corrected chi connectivity index (χ0v) is 15.4. The van der Waals surface area contributed by atoms with Crippen LogP contribution >= 0.6 is 12.2 Å². The molecule has 1 aromatic rings. The molecule has 0 unspecified atom stereocenters. The maximum absolute atomic E-state index is 12.8. The zero-order valence-electron chi connectivity index (χ0n) is 13.8. The number of halogens is 3. The van der Waals surface area contributed by atoms with Gasteiger partial charge in [-0.15, -0.1) is 0 Å². The predicted octanol–water partition coefficient (Wildman–Crippen LogP) is 3.48. The van der Waals surface area contributed by atoms with Gasteiger partial charge in [0.2, 0.25) is 10.0 Å². The third-order valence-corrected chi connectivity index (χ3v) is 5.27. The Bertz CT molecular complexity index is 716. The van der Waals surface area contributed by atoms with Crippen molar-refractivity contribution in [2.24, 2.45) is 5.73 Å². The molecular weight excluding hydrogens is 373 g/mol. The van der Waals surface area contributed by atoms with Crippen molar-refractivity contribution < 1.29 is 21.6 Å². The quantitative estimate of drug-likeness (QED) is 0.396. The highest BCUT2D eigenvalue weighted by atomic mass is 32.2. The normalized spacial score (nSPS) is 12.8. The number of benzene rings is 1. The standard InChI is InChI=1S/C16H21F3N2O2S2/c1-2-3-4-5-9-21(11-15(20)24)25(22,23)12-13-7-6-8-14(10-13)16(17,18)19/h2-3,6-8,10H,4-5,9,11-12H2,1H3,(H2,20,24)/b3-2+. The van der Waals surface area contributed by atoms with Crippen molar-refractivity contribution in [3.8, 4) is 0 Å². The molecule has 4 nitrogen and oxygen atoms in total. The van der Waals surface area contributed by atoms with Gasteiger partial charge in [0.25, 0.3) is 0 Å². The molecule has 0 atom stereocenters. The fraction of sp³-hybridized carbons (Fsp3) is 0.438. The molecule has 1 aromatic carbocycles. The van der Waals surface area contributed by atoms with Crippen LogP contribution in [0.4, 0.5) is 13.2 Å². The third kappa shape index (κ3) is 7.54. The first-order chi connectivity index (χ1) is 11.6. The number of nitrogens with zero attached hydrogens (tertiary/aromatic N) is 1. The Labute approximate surface area is 151 Å². The summed E-state index contributed by atoms with van der Waals surface area (Å²) in [5, 5.41) is 0. The van der Waals surface area contributed by atoms with Crippen molar-refractivity contribution >= 4 is 27.2 Å². The lowest BCUT2D eigenvalue weighted by atomic mass is 10.1. The van der Waals surface area contributed by atoms with Crippen LogP contribution in [0.5, 0.6) is 0 Å². The number of hydrogen-bond acceptors (Lipinski definition) is 3. The fourth-order valence-electron chi connectivity index (χ4n) is 2.18. The Morgan fingerprint density at radius 3 is 2.60 bits per heavy atom. The van der Waals surface area contributed by atoms with Gasteiger partial charge in [0, 0.05) is 6.54 Å². The molecule has 0 aliphatic carbocycles. The largest absolute Gasteiger partial charge is 0.416 e. The highest BCUT2D eigenvalue weighted by Crippen LogP contribution is 2.30. The van der Waals surface area contributed by atoms with Crippen LogP contribution in [0, 0.1) is 0 Å². The summed E-state index contributed by atoms with van der Waals surface area (Å²) in [4.78, 5) is 0.0126. The number of sulfonamides is 1. The van der Waals surface area contributed by atoms with Crippen LogP contribution in [-0.2, 0) is 22.0 Å². The van der Waals surface area contributed by atoms with Crippen molar-refractivity contribution in [1.29, 1.82) is 0 Å². The molecule has 0 aliphatic heterocycles. The number of unbranched alkanes of at least 4 members (excludes halogenated alkanes) is 1. The van der Waals surface area contributed by atoms with Gasteiger partial charge in [0.05, 0.1) is 22.8 Å². The Morgan fingerprint density at radius 1 is 1.36 bits per heavy atom. The minimum atomic E-state index is -4.52. The van der Waals surface area contributed by atoms with Crippen molar-refractivity contribution in [3.05, 3.63) is 47.5 Å². The van der Waals surface area contributed by atoms with Crippen LogP contribution in [0.25, 0.3) is 0 Å². The molecule has 0 saturated carbocycles. The lowest BCUT2D eigenvalue weighted by molar-refractivity contribution is -0.137. The van der Waals surface area contributed by atoms with E-state index in [0.29, 0.717) is 12.8 Å². The molecule has 2 N–H and O–H groups in total. The summed E-state index contributed by atoms with van der Waals surface area (Å²) in [5.74, 6) is -0.539. The molecule has 140 valence electrons. The SMILES string of the molecule is C/C=C/CCCN(CC(N)=S)S(=O)(=O)Cc1cccc(C(F)(F)F)c1. The first-order valence-corrected chi connectivity index (χ1v) is 9.61. The second-order valence-corrected chi connectivity index (χ2v) is 7.96. The molecule has 0 saturated heterocycles. The second-order valence-electron chi connectivity index (χ2n) is 5.47. The first-order valence-electron chi connectivity index (χ1n) is 7.59. The van der Waals surface area contributed by atoms with Crippen LogP contribution < -0.4 is 5.73 Å². The van der Waals surface area contributed by atoms with Crippen molar-refractivity contribution in [2.75, 3.05) is 13.1 Å². The molecule has 0 radical (unpaired) electrons. The van der Waals surface area contributed by atoms with E-state index in [4.69, 9.17) is 18.0 Å². The van der Waals surface area contributed by atoms with Crippen molar-refractivity contribution in [1.82, 2.24) is 4.31 Å². The number of alkyl halides is 3. The summed E-state index contributed by atoms with van der Waals surface area (Å²) in [6, 6.07) is 4.29. The molecule has 0 fully saturated rings. The van der Waals surface area contributed by atoms with Crippen LogP contribution in [0.15, 0.2) is 36.4 Å². The smallest absolute Gasteiger partial charge is 0.392 e. The van der Waals surface area contributed by atoms with Crippen LogP contribution in [-0.4, -0.2) is 30.8 Å². The highest BCUT2D eigenvalue weighted by molar-refractivity contribution is 7.88. The summed E-state index contributed by atoms with van der Waals surface area (Å²) in [5.41, 5.74) is 4.64. The van der Waals surface area contributed by atoms with Gasteiger partial charge in [-0.2, -0.15) is 17.5 Å². The van der Waals surface area contributed by atoms with Crippen LogP contribution in [0.3, 0.4) is 0 Å². The van der Waals surface area contributed by atoms with Gasteiger partial charge < -0.3 is 5.73 Å². The fourth-order valence-corrected chi connectivity index (χ4v) is 3.95. The van der Waals surface area contributed by atoms with Gasteiger partial charge in [-0.1, -0.05) is 42.6 Å². The first kappa shape index (κ1) is 21.6. The van der Waals surface area contributed by atoms with E-state index in [1.165, 1.54) is 12.1 Å². The van der Waals surface area contributed by atoms with E-state index in [2.05, 4.69) is 0 Å². The highest BCUT2D eigenvalue weighted by Gasteiger charge is 2.31. The Morgan fingerprint density at radius 2 is 2.04 bits per heavy atom. The van der Waals surface area contributed by atoms with E-state index in [0.717, 1.165) is 16.4 Å². The summed E-state index contributed by atoms with van der Waals surface area (Å²) in [7, 11) is -3.85. The van der Waals surface area contributed by atoms with E-state index in [1.807, 2.05) is 19.1 Å². The lowest BCUT2D eigenvalue weighted by Crippen LogP contribution is -2.39. The van der Waals surface area contributed by atoms with E-state index in [-0.39, 0.29) is 23.6 Å². The lowest BCUT2D eigenvalue weighted by Gasteiger charge is -2.21. The zero-order chi connectivity index (χ0) is 19.1. The Kier molecular flexibility index (Phi) is 8.04. The number of hydrogen-bond donors (Lipinski definition) is 1. The summed E-state index contributed by atoms with van der Waals surface area (Å²) >= 11 is 4.79. The van der Waals surface area contributed by atoms with Gasteiger partial charge in [0.1, 0.15) is 0 Å². The molecule has 1 rings (SSSR count). The van der Waals surface area contributed by atoms with Gasteiger partial charge in [-0.05, 0) is 31.4 Å². The maximum atomic E-state index is 12.8. The number of allylic oxidation sites excluding steroid dienone is 2. The van der Waals surface area contributed by atoms with E-state index in [9.17, 15) is 21.6 Å². The molecule has 0 amide bonds. The van der Waals surface area contributed by atoms with E-state index < -0.39 is 27.5 Å². The molecule has 0 aromatic heterocycles. The number of thiocarbonyl (C=S) groups is 1. The minimum Gasteiger partial charge on any atom is -0.392 e. The molecular formula is C16H21F3N2O2S2. The van der Waals surface area contributed by atoms with Crippen molar-refractivity contribution in [2.45, 2.75) is 31.7 Å². The summed E-state index contributed by atoms with van der Waals surface area (Å²) in [6.45, 7) is 1.92. The molecule has 0 bridgehead atoms. The molecule has 0 spiro atoms. The summed E-state index contributed by atoms with van der Waals surface area (Å²) in [6.07, 6.45) is 0.483. The van der Waals surface area contributed by atoms with Crippen LogP contribution in [0.1, 0.15) is 30.9 Å². The molecule has 25 heavy (non-hydrogen) atoms. The maximum Gasteiger partial charge on any atom is 0.416 e. The topological polar surface area (TPSA) is 63.4 Å². The molecule has 0 aliphatic rings. The van der Waals surface area contributed by atoms with E-state index >= 15 is 0 Å². The monoisotopic (exact) mass is 394 g/mol. The second kappa shape index (κ2) is 9.30. The summed E-state index contributed by atoms with van der Waals surface area (Å²) < 4.78 is 64.6. The van der Waals surface area contributed by atoms with Gasteiger partial charge in [-0.25, -0.2) is 8.42 Å². The minimum absolute atomic E-state index is 0.0126.